The molecular weight excluding hydrogens is 246 g/mol. The molecule has 3 rings (SSSR count). The summed E-state index contributed by atoms with van der Waals surface area (Å²) in [6.07, 6.45) is 1.58. The molecule has 2 aromatic rings. The Morgan fingerprint density at radius 3 is 2.50 bits per heavy atom. The molecule has 2 heteroatoms. The van der Waals surface area contributed by atoms with E-state index in [9.17, 15) is 4.79 Å². The number of nitrogens with zero attached hydrogens (tertiary/aromatic N) is 1. The van der Waals surface area contributed by atoms with Gasteiger partial charge in [-0.25, -0.2) is 0 Å². The number of benzene rings is 2. The molecule has 0 saturated carbocycles. The minimum Gasteiger partial charge on any atom is -0.337 e. The number of anilines is 2. The van der Waals surface area contributed by atoms with E-state index in [1.165, 1.54) is 11.3 Å². The Kier molecular flexibility index (Phi) is 3.31. The fourth-order valence-electron chi connectivity index (χ4n) is 3.04. The third kappa shape index (κ3) is 2.01. The molecule has 1 unspecified atom stereocenters. The molecule has 0 aliphatic carbocycles. The van der Waals surface area contributed by atoms with E-state index < -0.39 is 0 Å². The molecule has 2 aromatic carbocycles. The smallest absolute Gasteiger partial charge is 0.164 e. The van der Waals surface area contributed by atoms with Crippen LogP contribution >= 0.6 is 0 Å². The number of Topliss-reactive ketones (excluding diaryl/α,β-unsaturated/α-hetero) is 1. The average molecular weight is 265 g/mol. The molecule has 0 N–H and O–H groups in total. The highest BCUT2D eigenvalue weighted by atomic mass is 16.1. The van der Waals surface area contributed by atoms with Gasteiger partial charge >= 0.3 is 0 Å². The lowest BCUT2D eigenvalue weighted by Gasteiger charge is -2.27. The average Bonchev–Trinajstić information content (AvgIpc) is 2.82. The minimum atomic E-state index is 0.206. The van der Waals surface area contributed by atoms with E-state index in [0.717, 1.165) is 17.7 Å². The molecule has 0 amide bonds. The van der Waals surface area contributed by atoms with Crippen molar-refractivity contribution in [3.8, 4) is 0 Å². The second-order valence-electron chi connectivity index (χ2n) is 5.35. The van der Waals surface area contributed by atoms with Crippen molar-refractivity contribution in [3.63, 3.8) is 0 Å². The molecule has 1 heterocycles. The van der Waals surface area contributed by atoms with Crippen LogP contribution in [-0.4, -0.2) is 11.8 Å². The Bertz CT molecular complexity index is 647. The van der Waals surface area contributed by atoms with Crippen LogP contribution in [0.3, 0.4) is 0 Å². The van der Waals surface area contributed by atoms with Crippen LogP contribution in [0.2, 0.25) is 0 Å². The maximum absolute atomic E-state index is 12.2. The summed E-state index contributed by atoms with van der Waals surface area (Å²) in [4.78, 5) is 14.5. The first-order chi connectivity index (χ1) is 9.72. The first kappa shape index (κ1) is 12.9. The van der Waals surface area contributed by atoms with Gasteiger partial charge < -0.3 is 4.90 Å². The number of hydrogen-bond donors (Lipinski definition) is 0. The van der Waals surface area contributed by atoms with E-state index in [4.69, 9.17) is 0 Å². The topological polar surface area (TPSA) is 20.3 Å². The molecule has 0 saturated heterocycles. The molecular formula is C18H19NO. The predicted octanol–water partition coefficient (Wildman–Crippen LogP) is 4.36. The zero-order valence-electron chi connectivity index (χ0n) is 12.0. The maximum Gasteiger partial charge on any atom is 0.164 e. The number of hydrogen-bond acceptors (Lipinski definition) is 2. The lowest BCUT2D eigenvalue weighted by atomic mass is 10.0. The third-order valence-corrected chi connectivity index (χ3v) is 3.99. The third-order valence-electron chi connectivity index (χ3n) is 3.99. The van der Waals surface area contributed by atoms with Gasteiger partial charge in [0.2, 0.25) is 0 Å². The zero-order chi connectivity index (χ0) is 14.1. The van der Waals surface area contributed by atoms with Crippen LogP contribution in [0, 0.1) is 0 Å². The van der Waals surface area contributed by atoms with E-state index in [0.29, 0.717) is 12.5 Å². The van der Waals surface area contributed by atoms with Gasteiger partial charge in [-0.2, -0.15) is 0 Å². The molecule has 1 aliphatic heterocycles. The lowest BCUT2D eigenvalue weighted by Crippen LogP contribution is -2.25. The quantitative estimate of drug-likeness (QED) is 0.768. The number of carbonyl (C=O) groups excluding carboxylic acids is 1. The summed E-state index contributed by atoms with van der Waals surface area (Å²) in [6.45, 7) is 4.13. The first-order valence-electron chi connectivity index (χ1n) is 7.21. The summed E-state index contributed by atoms with van der Waals surface area (Å²) in [6, 6.07) is 16.8. The van der Waals surface area contributed by atoms with Gasteiger partial charge in [0.05, 0.1) is 5.69 Å². The van der Waals surface area contributed by atoms with Gasteiger partial charge in [0, 0.05) is 23.7 Å². The lowest BCUT2D eigenvalue weighted by molar-refractivity contribution is 0.0988. The van der Waals surface area contributed by atoms with Crippen LogP contribution in [-0.2, 0) is 6.42 Å². The number of fused-ring (bicyclic) bond motifs is 1. The van der Waals surface area contributed by atoms with Crippen LogP contribution in [0.1, 0.15) is 36.2 Å². The van der Waals surface area contributed by atoms with Crippen molar-refractivity contribution in [2.45, 2.75) is 32.7 Å². The monoisotopic (exact) mass is 265 g/mol. The van der Waals surface area contributed by atoms with Gasteiger partial charge in [0.1, 0.15) is 0 Å². The Labute approximate surface area is 120 Å². The van der Waals surface area contributed by atoms with Crippen molar-refractivity contribution in [2.24, 2.45) is 0 Å². The van der Waals surface area contributed by atoms with Gasteiger partial charge in [-0.05, 0) is 37.1 Å². The van der Waals surface area contributed by atoms with Gasteiger partial charge in [0.15, 0.2) is 5.78 Å². The number of rotatable bonds is 3. The number of carbonyl (C=O) groups is 1. The molecule has 0 spiro atoms. The Balaban J connectivity index is 2.12. The van der Waals surface area contributed by atoms with E-state index in [2.05, 4.69) is 42.2 Å². The Morgan fingerprint density at radius 1 is 1.10 bits per heavy atom. The Morgan fingerprint density at radius 2 is 1.75 bits per heavy atom. The predicted molar refractivity (Wildman–Crippen MR) is 82.8 cm³/mol. The van der Waals surface area contributed by atoms with Gasteiger partial charge in [-0.1, -0.05) is 37.3 Å². The summed E-state index contributed by atoms with van der Waals surface area (Å²) in [5.74, 6) is 0.206. The summed E-state index contributed by atoms with van der Waals surface area (Å²) in [5.41, 5.74) is 4.46. The van der Waals surface area contributed by atoms with Gasteiger partial charge in [0.25, 0.3) is 0 Å². The molecule has 20 heavy (non-hydrogen) atoms. The molecule has 102 valence electrons. The largest absolute Gasteiger partial charge is 0.337 e. The van der Waals surface area contributed by atoms with Crippen molar-refractivity contribution >= 4 is 17.2 Å². The van der Waals surface area contributed by atoms with Crippen molar-refractivity contribution in [1.29, 1.82) is 0 Å². The summed E-state index contributed by atoms with van der Waals surface area (Å²) < 4.78 is 0. The fourth-order valence-corrected chi connectivity index (χ4v) is 3.04. The normalized spacial score (nSPS) is 17.1. The molecule has 2 nitrogen and oxygen atoms in total. The van der Waals surface area contributed by atoms with Crippen LogP contribution in [0.15, 0.2) is 48.5 Å². The molecule has 0 aromatic heterocycles. The molecule has 0 radical (unpaired) electrons. The fraction of sp³-hybridized carbons (Fsp3) is 0.278. The standard InChI is InChI=1S/C18H19NO/c1-3-18(20)15-9-5-7-11-17(15)19-13(2)12-14-8-4-6-10-16(14)19/h4-11,13H,3,12H2,1-2H3. The Hall–Kier alpha value is -2.09. The second-order valence-corrected chi connectivity index (χ2v) is 5.35. The van der Waals surface area contributed by atoms with Crippen molar-refractivity contribution < 1.29 is 4.79 Å². The SMILES string of the molecule is CCC(=O)c1ccccc1N1c2ccccc2CC1C. The first-order valence-corrected chi connectivity index (χ1v) is 7.21. The van der Waals surface area contributed by atoms with Crippen molar-refractivity contribution in [1.82, 2.24) is 0 Å². The number of para-hydroxylation sites is 2. The molecule has 1 atom stereocenters. The maximum atomic E-state index is 12.2. The molecule has 1 aliphatic rings. The second kappa shape index (κ2) is 5.12. The van der Waals surface area contributed by atoms with Gasteiger partial charge in [-0.15, -0.1) is 0 Å². The molecule has 0 bridgehead atoms. The highest BCUT2D eigenvalue weighted by Crippen LogP contribution is 2.39. The summed E-state index contributed by atoms with van der Waals surface area (Å²) >= 11 is 0. The molecule has 0 fully saturated rings. The van der Waals surface area contributed by atoms with E-state index in [1.807, 2.05) is 25.1 Å². The minimum absolute atomic E-state index is 0.206. The highest BCUT2D eigenvalue weighted by molar-refractivity contribution is 6.02. The van der Waals surface area contributed by atoms with Crippen molar-refractivity contribution in [3.05, 3.63) is 59.7 Å². The van der Waals surface area contributed by atoms with Crippen LogP contribution in [0.4, 0.5) is 11.4 Å². The van der Waals surface area contributed by atoms with Crippen LogP contribution in [0.5, 0.6) is 0 Å². The summed E-state index contributed by atoms with van der Waals surface area (Å²) in [5, 5.41) is 0. The van der Waals surface area contributed by atoms with Crippen LogP contribution < -0.4 is 4.90 Å². The van der Waals surface area contributed by atoms with Crippen molar-refractivity contribution in [2.75, 3.05) is 4.90 Å². The van der Waals surface area contributed by atoms with E-state index >= 15 is 0 Å². The summed E-state index contributed by atoms with van der Waals surface area (Å²) in [7, 11) is 0. The van der Waals surface area contributed by atoms with E-state index in [1.54, 1.807) is 0 Å². The highest BCUT2D eigenvalue weighted by Gasteiger charge is 2.28. The number of ketones is 1. The van der Waals surface area contributed by atoms with E-state index in [-0.39, 0.29) is 5.78 Å². The zero-order valence-corrected chi connectivity index (χ0v) is 12.0. The van der Waals surface area contributed by atoms with Crippen LogP contribution in [0.25, 0.3) is 0 Å². The van der Waals surface area contributed by atoms with Gasteiger partial charge in [-0.3, -0.25) is 4.79 Å².